The van der Waals surface area contributed by atoms with Gasteiger partial charge in [-0.15, -0.1) is 0 Å². The summed E-state index contributed by atoms with van der Waals surface area (Å²) in [4.78, 5) is 14.4. The molecule has 1 atom stereocenters. The van der Waals surface area contributed by atoms with Crippen molar-refractivity contribution in [3.05, 3.63) is 34.9 Å². The zero-order chi connectivity index (χ0) is 12.4. The second-order valence-corrected chi connectivity index (χ2v) is 4.78. The van der Waals surface area contributed by atoms with Crippen LogP contribution in [0.4, 0.5) is 0 Å². The zero-order valence-corrected chi connectivity index (χ0v) is 10.7. The van der Waals surface area contributed by atoms with Crippen LogP contribution < -0.4 is 0 Å². The van der Waals surface area contributed by atoms with Gasteiger partial charge in [0.05, 0.1) is 6.61 Å². The lowest BCUT2D eigenvalue weighted by molar-refractivity contribution is -0.00862. The average Bonchev–Trinajstić information content (AvgIpc) is 2.32. The Hall–Kier alpha value is -1.19. The van der Waals surface area contributed by atoms with E-state index in [0.717, 1.165) is 17.7 Å². The summed E-state index contributed by atoms with van der Waals surface area (Å²) >= 11 is 0. The van der Waals surface area contributed by atoms with Gasteiger partial charge >= 0.3 is 0 Å². The Morgan fingerprint density at radius 3 is 2.76 bits per heavy atom. The van der Waals surface area contributed by atoms with Crippen LogP contribution >= 0.6 is 0 Å². The largest absolute Gasteiger partial charge is 0.367 e. The number of benzene rings is 1. The third kappa shape index (κ3) is 2.73. The van der Waals surface area contributed by atoms with E-state index in [2.05, 4.69) is 11.8 Å². The minimum Gasteiger partial charge on any atom is -0.367 e. The van der Waals surface area contributed by atoms with Crippen LogP contribution in [-0.4, -0.2) is 43.5 Å². The average molecular weight is 233 g/mol. The molecule has 1 saturated heterocycles. The molecule has 0 spiro atoms. The van der Waals surface area contributed by atoms with Crippen LogP contribution in [-0.2, 0) is 4.74 Å². The summed E-state index contributed by atoms with van der Waals surface area (Å²) in [6, 6.07) is 5.84. The fourth-order valence-corrected chi connectivity index (χ4v) is 2.02. The van der Waals surface area contributed by atoms with Crippen LogP contribution in [0.5, 0.6) is 0 Å². The van der Waals surface area contributed by atoms with Crippen molar-refractivity contribution in [1.29, 1.82) is 0 Å². The highest BCUT2D eigenvalue weighted by Gasteiger charge is 2.25. The van der Waals surface area contributed by atoms with Crippen LogP contribution in [0.2, 0.25) is 0 Å². The van der Waals surface area contributed by atoms with E-state index in [-0.39, 0.29) is 11.9 Å². The number of aryl methyl sites for hydroxylation is 2. The maximum atomic E-state index is 12.3. The summed E-state index contributed by atoms with van der Waals surface area (Å²) in [5.41, 5.74) is 3.12. The van der Waals surface area contributed by atoms with Gasteiger partial charge in [-0.25, -0.2) is 0 Å². The Morgan fingerprint density at radius 2 is 2.12 bits per heavy atom. The second kappa shape index (κ2) is 4.98. The van der Waals surface area contributed by atoms with Gasteiger partial charge in [0.15, 0.2) is 5.78 Å². The number of ether oxygens (including phenoxy) is 1. The van der Waals surface area contributed by atoms with Gasteiger partial charge < -0.3 is 9.64 Å². The van der Waals surface area contributed by atoms with Gasteiger partial charge in [-0.05, 0) is 38.1 Å². The van der Waals surface area contributed by atoms with Gasteiger partial charge in [-0.1, -0.05) is 12.1 Å². The monoisotopic (exact) mass is 233 g/mol. The smallest absolute Gasteiger partial charge is 0.192 e. The molecule has 1 aromatic carbocycles. The molecule has 0 aliphatic carbocycles. The third-order valence-electron chi connectivity index (χ3n) is 3.35. The van der Waals surface area contributed by atoms with Crippen molar-refractivity contribution < 1.29 is 9.53 Å². The normalized spacial score (nSPS) is 21.5. The fraction of sp³-hybridized carbons (Fsp3) is 0.500. The van der Waals surface area contributed by atoms with E-state index in [1.54, 1.807) is 0 Å². The van der Waals surface area contributed by atoms with E-state index in [1.165, 1.54) is 5.56 Å². The number of nitrogens with zero attached hydrogens (tertiary/aromatic N) is 1. The predicted molar refractivity (Wildman–Crippen MR) is 67.5 cm³/mol. The minimum absolute atomic E-state index is 0.0969. The number of Topliss-reactive ketones (excluding diaryl/α,β-unsaturated/α-hetero) is 1. The Morgan fingerprint density at radius 1 is 1.35 bits per heavy atom. The fourth-order valence-electron chi connectivity index (χ4n) is 2.02. The standard InChI is InChI=1S/C14H19NO2/c1-10-4-5-12(8-11(10)2)14(16)13-9-15(3)6-7-17-13/h4-5,8,13H,6-7,9H2,1-3H3. The summed E-state index contributed by atoms with van der Waals surface area (Å²) in [6.45, 7) is 6.30. The molecule has 1 aliphatic rings. The van der Waals surface area contributed by atoms with Gasteiger partial charge in [0.25, 0.3) is 0 Å². The zero-order valence-electron chi connectivity index (χ0n) is 10.7. The summed E-state index contributed by atoms with van der Waals surface area (Å²) in [5, 5.41) is 0. The first-order valence-corrected chi connectivity index (χ1v) is 5.99. The first-order valence-electron chi connectivity index (χ1n) is 5.99. The number of hydrogen-bond acceptors (Lipinski definition) is 3. The lowest BCUT2D eigenvalue weighted by atomic mass is 10.0. The quantitative estimate of drug-likeness (QED) is 0.730. The molecule has 0 radical (unpaired) electrons. The molecule has 1 aromatic rings. The molecular weight excluding hydrogens is 214 g/mol. The van der Waals surface area contributed by atoms with Crippen molar-refractivity contribution in [2.45, 2.75) is 20.0 Å². The van der Waals surface area contributed by atoms with Gasteiger partial charge in [0.1, 0.15) is 6.10 Å². The molecule has 0 N–H and O–H groups in total. The van der Waals surface area contributed by atoms with Crippen LogP contribution in [0.25, 0.3) is 0 Å². The van der Waals surface area contributed by atoms with Gasteiger partial charge in [-0.3, -0.25) is 4.79 Å². The van der Waals surface area contributed by atoms with E-state index in [9.17, 15) is 4.79 Å². The van der Waals surface area contributed by atoms with Crippen LogP contribution in [0.3, 0.4) is 0 Å². The molecule has 1 fully saturated rings. The summed E-state index contributed by atoms with van der Waals surface area (Å²) < 4.78 is 5.54. The van der Waals surface area contributed by atoms with Crippen molar-refractivity contribution in [3.63, 3.8) is 0 Å². The number of rotatable bonds is 2. The Balaban J connectivity index is 2.15. The number of hydrogen-bond donors (Lipinski definition) is 0. The highest BCUT2D eigenvalue weighted by Crippen LogP contribution is 2.14. The number of likely N-dealkylation sites (N-methyl/N-ethyl adjacent to an activating group) is 1. The molecule has 0 amide bonds. The second-order valence-electron chi connectivity index (χ2n) is 4.78. The molecule has 3 nitrogen and oxygen atoms in total. The van der Waals surface area contributed by atoms with E-state index in [0.29, 0.717) is 13.2 Å². The third-order valence-corrected chi connectivity index (χ3v) is 3.35. The van der Waals surface area contributed by atoms with Crippen molar-refractivity contribution >= 4 is 5.78 Å². The number of morpholine rings is 1. The van der Waals surface area contributed by atoms with E-state index >= 15 is 0 Å². The topological polar surface area (TPSA) is 29.5 Å². The van der Waals surface area contributed by atoms with Gasteiger partial charge in [-0.2, -0.15) is 0 Å². The van der Waals surface area contributed by atoms with Gasteiger partial charge in [0, 0.05) is 18.7 Å². The van der Waals surface area contributed by atoms with Gasteiger partial charge in [0.2, 0.25) is 0 Å². The maximum Gasteiger partial charge on any atom is 0.192 e. The molecule has 92 valence electrons. The summed E-state index contributed by atoms with van der Waals surface area (Å²) in [5.74, 6) is 0.0969. The molecule has 1 aliphatic heterocycles. The van der Waals surface area contributed by atoms with Crippen molar-refractivity contribution in [1.82, 2.24) is 4.90 Å². The van der Waals surface area contributed by atoms with Crippen LogP contribution in [0, 0.1) is 13.8 Å². The number of carbonyl (C=O) groups is 1. The van der Waals surface area contributed by atoms with E-state index in [1.807, 2.05) is 32.2 Å². The summed E-state index contributed by atoms with van der Waals surface area (Å²) in [7, 11) is 2.02. The Bertz CT molecular complexity index is 428. The van der Waals surface area contributed by atoms with Crippen LogP contribution in [0.15, 0.2) is 18.2 Å². The molecule has 0 aromatic heterocycles. The molecule has 1 unspecified atom stereocenters. The lowest BCUT2D eigenvalue weighted by Gasteiger charge is -2.29. The molecule has 1 heterocycles. The minimum atomic E-state index is -0.309. The summed E-state index contributed by atoms with van der Waals surface area (Å²) in [6.07, 6.45) is -0.309. The lowest BCUT2D eigenvalue weighted by Crippen LogP contribution is -2.44. The van der Waals surface area contributed by atoms with Crippen molar-refractivity contribution in [2.24, 2.45) is 0 Å². The molecule has 17 heavy (non-hydrogen) atoms. The Labute approximate surface area is 102 Å². The van der Waals surface area contributed by atoms with Crippen molar-refractivity contribution in [2.75, 3.05) is 26.7 Å². The molecule has 0 bridgehead atoms. The molecule has 3 heteroatoms. The molecule has 0 saturated carbocycles. The van der Waals surface area contributed by atoms with E-state index in [4.69, 9.17) is 4.74 Å². The number of carbonyl (C=O) groups excluding carboxylic acids is 1. The molecular formula is C14H19NO2. The highest BCUT2D eigenvalue weighted by molar-refractivity contribution is 5.99. The first-order chi connectivity index (χ1) is 8.08. The number of ketones is 1. The van der Waals surface area contributed by atoms with Crippen molar-refractivity contribution in [3.8, 4) is 0 Å². The van der Waals surface area contributed by atoms with Crippen LogP contribution in [0.1, 0.15) is 21.5 Å². The SMILES string of the molecule is Cc1ccc(C(=O)C2CN(C)CCO2)cc1C. The first kappa shape index (κ1) is 12.3. The highest BCUT2D eigenvalue weighted by atomic mass is 16.5. The Kier molecular flexibility index (Phi) is 3.60. The molecule has 2 rings (SSSR count). The predicted octanol–water partition coefficient (Wildman–Crippen LogP) is 1.82. The maximum absolute atomic E-state index is 12.3. The van der Waals surface area contributed by atoms with E-state index < -0.39 is 0 Å².